The summed E-state index contributed by atoms with van der Waals surface area (Å²) in [4.78, 5) is 29.5. The second-order valence-corrected chi connectivity index (χ2v) is 9.87. The molecule has 1 N–H and O–H groups in total. The summed E-state index contributed by atoms with van der Waals surface area (Å²) in [5.41, 5.74) is 0.229. The lowest BCUT2D eigenvalue weighted by atomic mass is 9.95. The van der Waals surface area contributed by atoms with Gasteiger partial charge in [-0.2, -0.15) is 11.8 Å². The average molecular weight is 420 g/mol. The lowest BCUT2D eigenvalue weighted by Crippen LogP contribution is -2.59. The molecule has 6 nitrogen and oxygen atoms in total. The molecule has 1 atom stereocenters. The van der Waals surface area contributed by atoms with Gasteiger partial charge < -0.3 is 14.5 Å². The van der Waals surface area contributed by atoms with Gasteiger partial charge in [-0.3, -0.25) is 10.1 Å². The zero-order valence-corrected chi connectivity index (χ0v) is 18.8. The van der Waals surface area contributed by atoms with Gasteiger partial charge in [-0.25, -0.2) is 4.79 Å². The van der Waals surface area contributed by atoms with E-state index >= 15 is 0 Å². The number of carbonyl (C=O) groups is 2. The highest BCUT2D eigenvalue weighted by Gasteiger charge is 2.51. The standard InChI is InChI=1S/C22H33N3O3S/c1-21(2,3)28-20(27)24-13-11-22(12-14-24)23-18(10-15-29-4)19(26)25(22)16-17-8-6-5-7-9-17/h5-9,18,23H,10-16H2,1-4H3. The average Bonchev–Trinajstić information content (AvgIpc) is 2.92. The van der Waals surface area contributed by atoms with Crippen molar-refractivity contribution in [1.82, 2.24) is 15.1 Å². The first-order valence-corrected chi connectivity index (χ1v) is 11.7. The number of nitrogens with zero attached hydrogens (tertiary/aromatic N) is 2. The summed E-state index contributed by atoms with van der Waals surface area (Å²) in [7, 11) is 0. The number of hydrogen-bond donors (Lipinski definition) is 1. The van der Waals surface area contributed by atoms with Crippen LogP contribution in [0, 0.1) is 0 Å². The van der Waals surface area contributed by atoms with Crippen LogP contribution in [-0.4, -0.2) is 64.2 Å². The molecule has 2 heterocycles. The highest BCUT2D eigenvalue weighted by Crippen LogP contribution is 2.35. The van der Waals surface area contributed by atoms with Gasteiger partial charge in [-0.15, -0.1) is 0 Å². The van der Waals surface area contributed by atoms with Gasteiger partial charge in [-0.1, -0.05) is 30.3 Å². The van der Waals surface area contributed by atoms with Crippen LogP contribution in [-0.2, 0) is 16.1 Å². The highest BCUT2D eigenvalue weighted by atomic mass is 32.2. The van der Waals surface area contributed by atoms with Gasteiger partial charge in [0.1, 0.15) is 5.60 Å². The maximum atomic E-state index is 13.2. The molecule has 3 rings (SSSR count). The summed E-state index contributed by atoms with van der Waals surface area (Å²) in [6.45, 7) is 7.39. The van der Waals surface area contributed by atoms with Gasteiger partial charge in [0, 0.05) is 32.5 Å². The number of hydrogen-bond acceptors (Lipinski definition) is 5. The SMILES string of the molecule is CSCCC1NC2(CCN(C(=O)OC(C)(C)C)CC2)N(Cc2ccccc2)C1=O. The van der Waals surface area contributed by atoms with Crippen LogP contribution in [0.3, 0.4) is 0 Å². The Hall–Kier alpha value is -1.73. The van der Waals surface area contributed by atoms with Crippen molar-refractivity contribution >= 4 is 23.8 Å². The van der Waals surface area contributed by atoms with Crippen molar-refractivity contribution in [2.75, 3.05) is 25.1 Å². The molecule has 29 heavy (non-hydrogen) atoms. The van der Waals surface area contributed by atoms with Crippen LogP contribution in [0.15, 0.2) is 30.3 Å². The molecule has 2 aliphatic heterocycles. The quantitative estimate of drug-likeness (QED) is 0.792. The van der Waals surface area contributed by atoms with Crippen LogP contribution in [0.4, 0.5) is 4.79 Å². The number of thioether (sulfide) groups is 1. The topological polar surface area (TPSA) is 61.9 Å². The Morgan fingerprint density at radius 1 is 1.24 bits per heavy atom. The van der Waals surface area contributed by atoms with Crippen LogP contribution in [0.1, 0.15) is 45.6 Å². The zero-order valence-electron chi connectivity index (χ0n) is 17.9. The van der Waals surface area contributed by atoms with E-state index in [1.54, 1.807) is 16.7 Å². The molecule has 1 unspecified atom stereocenters. The third-order valence-corrected chi connectivity index (χ3v) is 6.20. The zero-order chi connectivity index (χ0) is 21.1. The maximum absolute atomic E-state index is 13.2. The monoisotopic (exact) mass is 419 g/mol. The molecular formula is C22H33N3O3S. The summed E-state index contributed by atoms with van der Waals surface area (Å²) < 4.78 is 5.53. The van der Waals surface area contributed by atoms with E-state index in [4.69, 9.17) is 4.74 Å². The van der Waals surface area contributed by atoms with Crippen LogP contribution in [0.25, 0.3) is 0 Å². The minimum atomic E-state index is -0.504. The Kier molecular flexibility index (Phi) is 6.79. The van der Waals surface area contributed by atoms with E-state index in [0.29, 0.717) is 32.5 Å². The fourth-order valence-electron chi connectivity index (χ4n) is 4.09. The molecule has 1 spiro atoms. The Bertz CT molecular complexity index is 712. The molecule has 2 saturated heterocycles. The molecule has 2 aliphatic rings. The van der Waals surface area contributed by atoms with Gasteiger partial charge in [0.25, 0.3) is 0 Å². The summed E-state index contributed by atoms with van der Waals surface area (Å²) in [6.07, 6.45) is 4.03. The maximum Gasteiger partial charge on any atom is 0.410 e. The minimum Gasteiger partial charge on any atom is -0.444 e. The van der Waals surface area contributed by atoms with E-state index in [9.17, 15) is 9.59 Å². The molecule has 0 saturated carbocycles. The number of likely N-dealkylation sites (tertiary alicyclic amines) is 1. The largest absolute Gasteiger partial charge is 0.444 e. The fraction of sp³-hybridized carbons (Fsp3) is 0.636. The van der Waals surface area contributed by atoms with Gasteiger partial charge in [-0.05, 0) is 44.8 Å². The number of rotatable bonds is 5. The molecule has 0 aliphatic carbocycles. The van der Waals surface area contributed by atoms with Crippen molar-refractivity contribution in [3.8, 4) is 0 Å². The first kappa shape index (κ1) is 22.0. The van der Waals surface area contributed by atoms with Gasteiger partial charge in [0.05, 0.1) is 11.7 Å². The third kappa shape index (κ3) is 5.25. The number of amides is 2. The number of ether oxygens (including phenoxy) is 1. The number of benzene rings is 1. The molecule has 1 aromatic rings. The van der Waals surface area contributed by atoms with E-state index in [-0.39, 0.29) is 18.0 Å². The molecule has 1 aromatic carbocycles. The molecule has 0 radical (unpaired) electrons. The van der Waals surface area contributed by atoms with Crippen molar-refractivity contribution < 1.29 is 14.3 Å². The molecule has 7 heteroatoms. The highest BCUT2D eigenvalue weighted by molar-refractivity contribution is 7.98. The summed E-state index contributed by atoms with van der Waals surface area (Å²) in [6, 6.07) is 9.97. The van der Waals surface area contributed by atoms with Crippen molar-refractivity contribution in [3.05, 3.63) is 35.9 Å². The normalized spacial score (nSPS) is 21.7. The van der Waals surface area contributed by atoms with E-state index in [0.717, 1.165) is 17.7 Å². The Balaban J connectivity index is 1.74. The summed E-state index contributed by atoms with van der Waals surface area (Å²) in [5, 5.41) is 3.65. The van der Waals surface area contributed by atoms with Gasteiger partial charge in [0.15, 0.2) is 0 Å². The predicted molar refractivity (Wildman–Crippen MR) is 117 cm³/mol. The van der Waals surface area contributed by atoms with E-state index in [1.807, 2.05) is 43.9 Å². The molecule has 0 bridgehead atoms. The lowest BCUT2D eigenvalue weighted by Gasteiger charge is -2.44. The van der Waals surface area contributed by atoms with Crippen LogP contribution in [0.5, 0.6) is 0 Å². The summed E-state index contributed by atoms with van der Waals surface area (Å²) >= 11 is 1.76. The van der Waals surface area contributed by atoms with Crippen molar-refractivity contribution in [2.45, 2.75) is 63.9 Å². The smallest absolute Gasteiger partial charge is 0.410 e. The van der Waals surface area contributed by atoms with Gasteiger partial charge >= 0.3 is 6.09 Å². The van der Waals surface area contributed by atoms with E-state index < -0.39 is 11.3 Å². The van der Waals surface area contributed by atoms with Crippen molar-refractivity contribution in [1.29, 1.82) is 0 Å². The Labute approximate surface area is 178 Å². The molecular weight excluding hydrogens is 386 g/mol. The Morgan fingerprint density at radius 2 is 1.90 bits per heavy atom. The second kappa shape index (κ2) is 8.96. The first-order chi connectivity index (χ1) is 13.7. The molecule has 2 amide bonds. The van der Waals surface area contributed by atoms with Crippen LogP contribution >= 0.6 is 11.8 Å². The predicted octanol–water partition coefficient (Wildman–Crippen LogP) is 3.47. The van der Waals surface area contributed by atoms with E-state index in [1.165, 1.54) is 0 Å². The molecule has 160 valence electrons. The minimum absolute atomic E-state index is 0.153. The van der Waals surface area contributed by atoms with E-state index in [2.05, 4.69) is 23.7 Å². The number of piperidine rings is 1. The Morgan fingerprint density at radius 3 is 2.48 bits per heavy atom. The number of carbonyl (C=O) groups excluding carboxylic acids is 2. The van der Waals surface area contributed by atoms with Crippen molar-refractivity contribution in [3.63, 3.8) is 0 Å². The van der Waals surface area contributed by atoms with Crippen LogP contribution < -0.4 is 5.32 Å². The molecule has 0 aromatic heterocycles. The van der Waals surface area contributed by atoms with Crippen molar-refractivity contribution in [2.24, 2.45) is 0 Å². The third-order valence-electron chi connectivity index (χ3n) is 5.56. The summed E-state index contributed by atoms with van der Waals surface area (Å²) in [5.74, 6) is 1.12. The fourth-order valence-corrected chi connectivity index (χ4v) is 4.56. The molecule has 2 fully saturated rings. The number of nitrogens with one attached hydrogen (secondary N) is 1. The second-order valence-electron chi connectivity index (χ2n) is 8.89. The van der Waals surface area contributed by atoms with Gasteiger partial charge in [0.2, 0.25) is 5.91 Å². The lowest BCUT2D eigenvalue weighted by molar-refractivity contribution is -0.134. The van der Waals surface area contributed by atoms with Crippen LogP contribution in [0.2, 0.25) is 0 Å². The first-order valence-electron chi connectivity index (χ1n) is 10.3.